The molecule has 2 atom stereocenters. The van der Waals surface area contributed by atoms with Crippen molar-refractivity contribution in [2.75, 3.05) is 37.7 Å². The van der Waals surface area contributed by atoms with Gasteiger partial charge in [-0.1, -0.05) is 6.07 Å². The Morgan fingerprint density at radius 2 is 1.93 bits per heavy atom. The van der Waals surface area contributed by atoms with Crippen molar-refractivity contribution in [3.05, 3.63) is 53.5 Å². The standard InChI is InChI=1S/C33H36F3N7O/c1-19-13-25-24(15-37-41-25)27(20(19)2)22-5-6-23-29(28(22)36)38-31(44-18-33-8-3-11-43(33)12-4-9-33)39-30(23)42-16-21-7-10-32(17-42,40-21)14-26(34)35/h5-6,13-15,21,40H,3-4,7-12,16-18H2,1-2H3,(H,37,41)/t21-,32-/m1/s1. The summed E-state index contributed by atoms with van der Waals surface area (Å²) in [5, 5.41) is 12.0. The van der Waals surface area contributed by atoms with Crippen molar-refractivity contribution >= 4 is 27.6 Å². The lowest BCUT2D eigenvalue weighted by atomic mass is 9.92. The van der Waals surface area contributed by atoms with Crippen LogP contribution in [0, 0.1) is 19.7 Å². The molecule has 2 bridgehead atoms. The third kappa shape index (κ3) is 4.38. The summed E-state index contributed by atoms with van der Waals surface area (Å²) in [5.41, 5.74) is 3.28. The zero-order valence-electron chi connectivity index (χ0n) is 25.0. The number of anilines is 1. The van der Waals surface area contributed by atoms with E-state index in [0.717, 1.165) is 78.9 Å². The number of aromatic amines is 1. The summed E-state index contributed by atoms with van der Waals surface area (Å²) in [5.74, 6) is 0.0544. The SMILES string of the molecule is Cc1cc2[nH]ncc2c(-c2ccc3c(N4C[C@H]5CC[C@@](C=C(F)F)(C4)N5)nc(OCC45CCCN4CCC5)nc3c2F)c1C. The number of halogens is 3. The van der Waals surface area contributed by atoms with Crippen LogP contribution in [0.25, 0.3) is 32.9 Å². The second-order valence-corrected chi connectivity index (χ2v) is 13.2. The molecule has 11 heteroatoms. The van der Waals surface area contributed by atoms with Gasteiger partial charge in [-0.25, -0.2) is 4.39 Å². The fraction of sp³-hybridized carbons (Fsp3) is 0.485. The topological polar surface area (TPSA) is 82.2 Å². The van der Waals surface area contributed by atoms with Crippen LogP contribution in [0.1, 0.15) is 49.7 Å². The Morgan fingerprint density at radius 3 is 2.73 bits per heavy atom. The maximum atomic E-state index is 16.9. The van der Waals surface area contributed by atoms with Gasteiger partial charge in [-0.3, -0.25) is 10.00 Å². The number of aromatic nitrogens is 4. The van der Waals surface area contributed by atoms with E-state index in [1.165, 1.54) is 0 Å². The number of rotatable bonds is 6. The highest BCUT2D eigenvalue weighted by Crippen LogP contribution is 2.42. The molecule has 6 heterocycles. The third-order valence-electron chi connectivity index (χ3n) is 10.6. The first-order chi connectivity index (χ1) is 21.2. The lowest BCUT2D eigenvalue weighted by Gasteiger charge is -2.40. The van der Waals surface area contributed by atoms with Gasteiger partial charge in [0.1, 0.15) is 17.9 Å². The van der Waals surface area contributed by atoms with E-state index in [1.807, 2.05) is 30.9 Å². The maximum Gasteiger partial charge on any atom is 0.319 e. The molecule has 4 fully saturated rings. The summed E-state index contributed by atoms with van der Waals surface area (Å²) in [7, 11) is 0. The van der Waals surface area contributed by atoms with Gasteiger partial charge in [0.05, 0.1) is 22.8 Å². The number of hydrogen-bond acceptors (Lipinski definition) is 7. The van der Waals surface area contributed by atoms with Gasteiger partial charge in [0.2, 0.25) is 0 Å². The number of aryl methyl sites for hydroxylation is 1. The maximum absolute atomic E-state index is 16.9. The summed E-state index contributed by atoms with van der Waals surface area (Å²) in [6.45, 7) is 7.42. The van der Waals surface area contributed by atoms with Crippen LogP contribution in [0.4, 0.5) is 19.0 Å². The summed E-state index contributed by atoms with van der Waals surface area (Å²) < 4.78 is 50.4. The van der Waals surface area contributed by atoms with Gasteiger partial charge in [-0.15, -0.1) is 0 Å². The molecule has 4 saturated heterocycles. The molecule has 8 nitrogen and oxygen atoms in total. The molecule has 4 aliphatic rings. The van der Waals surface area contributed by atoms with E-state index in [4.69, 9.17) is 14.7 Å². The molecule has 2 aromatic carbocycles. The molecule has 4 aliphatic heterocycles. The van der Waals surface area contributed by atoms with Crippen LogP contribution in [0.2, 0.25) is 0 Å². The Hall–Kier alpha value is -3.70. The number of piperazine rings is 1. The fourth-order valence-corrected chi connectivity index (χ4v) is 8.41. The van der Waals surface area contributed by atoms with Crippen LogP contribution in [0.15, 0.2) is 36.6 Å². The first-order valence-electron chi connectivity index (χ1n) is 15.6. The fourth-order valence-electron chi connectivity index (χ4n) is 8.41. The number of hydrogen-bond donors (Lipinski definition) is 2. The quantitative estimate of drug-likeness (QED) is 0.279. The molecule has 2 N–H and O–H groups in total. The minimum atomic E-state index is -1.71. The van der Waals surface area contributed by atoms with E-state index in [0.29, 0.717) is 42.9 Å². The van der Waals surface area contributed by atoms with Crippen LogP contribution in [-0.2, 0) is 0 Å². The van der Waals surface area contributed by atoms with Crippen molar-refractivity contribution in [3.63, 3.8) is 0 Å². The predicted octanol–water partition coefficient (Wildman–Crippen LogP) is 6.03. The molecule has 2 aromatic heterocycles. The lowest BCUT2D eigenvalue weighted by Crippen LogP contribution is -2.59. The van der Waals surface area contributed by atoms with Gasteiger partial charge >= 0.3 is 6.01 Å². The molecular formula is C33H36F3N7O. The number of nitrogens with one attached hydrogen (secondary N) is 2. The van der Waals surface area contributed by atoms with Gasteiger partial charge in [0.15, 0.2) is 5.82 Å². The molecule has 44 heavy (non-hydrogen) atoms. The van der Waals surface area contributed by atoms with Crippen molar-refractivity contribution in [1.82, 2.24) is 30.4 Å². The number of fused-ring (bicyclic) bond motifs is 5. The molecule has 0 radical (unpaired) electrons. The Kier molecular flexibility index (Phi) is 6.43. The molecular weight excluding hydrogens is 567 g/mol. The monoisotopic (exact) mass is 603 g/mol. The van der Waals surface area contributed by atoms with E-state index in [9.17, 15) is 8.78 Å². The molecule has 0 amide bonds. The van der Waals surface area contributed by atoms with Crippen LogP contribution in [0.3, 0.4) is 0 Å². The van der Waals surface area contributed by atoms with Crippen molar-refractivity contribution < 1.29 is 17.9 Å². The third-order valence-corrected chi connectivity index (χ3v) is 10.6. The van der Waals surface area contributed by atoms with E-state index >= 15 is 4.39 Å². The Balaban J connectivity index is 1.27. The number of benzene rings is 2. The van der Waals surface area contributed by atoms with E-state index in [-0.39, 0.29) is 23.1 Å². The first-order valence-corrected chi connectivity index (χ1v) is 15.6. The molecule has 230 valence electrons. The summed E-state index contributed by atoms with van der Waals surface area (Å²) in [6, 6.07) is 5.80. The van der Waals surface area contributed by atoms with Crippen molar-refractivity contribution in [3.8, 4) is 17.1 Å². The number of nitrogens with zero attached hydrogens (tertiary/aromatic N) is 5. The van der Waals surface area contributed by atoms with Crippen LogP contribution in [-0.4, -0.2) is 75.0 Å². The molecule has 4 aromatic rings. The molecule has 8 rings (SSSR count). The average molecular weight is 604 g/mol. The predicted molar refractivity (Wildman–Crippen MR) is 164 cm³/mol. The zero-order chi connectivity index (χ0) is 30.2. The lowest BCUT2D eigenvalue weighted by molar-refractivity contribution is 0.108. The molecule has 0 saturated carbocycles. The normalized spacial score (nSPS) is 24.4. The van der Waals surface area contributed by atoms with Gasteiger partial charge < -0.3 is 15.0 Å². The highest BCUT2D eigenvalue weighted by atomic mass is 19.3. The minimum absolute atomic E-state index is 0.0200. The minimum Gasteiger partial charge on any atom is -0.461 e. The first kappa shape index (κ1) is 27.8. The smallest absolute Gasteiger partial charge is 0.319 e. The highest BCUT2D eigenvalue weighted by molar-refractivity contribution is 6.01. The van der Waals surface area contributed by atoms with E-state index in [2.05, 4.69) is 20.4 Å². The van der Waals surface area contributed by atoms with E-state index < -0.39 is 17.4 Å². The number of ether oxygens (including phenoxy) is 1. The Morgan fingerprint density at radius 1 is 1.11 bits per heavy atom. The average Bonchev–Trinajstić information content (AvgIpc) is 3.76. The number of H-pyrrole nitrogens is 1. The Bertz CT molecular complexity index is 1810. The molecule has 0 aliphatic carbocycles. The van der Waals surface area contributed by atoms with Gasteiger partial charge in [-0.2, -0.15) is 23.8 Å². The van der Waals surface area contributed by atoms with Crippen LogP contribution in [0.5, 0.6) is 6.01 Å². The summed E-state index contributed by atoms with van der Waals surface area (Å²) >= 11 is 0. The zero-order valence-corrected chi connectivity index (χ0v) is 25.0. The van der Waals surface area contributed by atoms with Crippen molar-refractivity contribution in [1.29, 1.82) is 0 Å². The van der Waals surface area contributed by atoms with Crippen molar-refractivity contribution in [2.45, 2.75) is 69.5 Å². The largest absolute Gasteiger partial charge is 0.461 e. The van der Waals surface area contributed by atoms with Gasteiger partial charge in [0.25, 0.3) is 6.08 Å². The highest BCUT2D eigenvalue weighted by Gasteiger charge is 2.46. The summed E-state index contributed by atoms with van der Waals surface area (Å²) in [6.07, 6.45) is 6.80. The second-order valence-electron chi connectivity index (χ2n) is 13.2. The Labute approximate surface area is 253 Å². The van der Waals surface area contributed by atoms with Crippen LogP contribution >= 0.6 is 0 Å². The van der Waals surface area contributed by atoms with Gasteiger partial charge in [0, 0.05) is 41.5 Å². The van der Waals surface area contributed by atoms with Crippen LogP contribution < -0.4 is 15.0 Å². The second kappa shape index (κ2) is 10.2. The summed E-state index contributed by atoms with van der Waals surface area (Å²) in [4.78, 5) is 14.1. The molecule has 0 spiro atoms. The van der Waals surface area contributed by atoms with E-state index in [1.54, 1.807) is 12.3 Å². The molecule has 0 unspecified atom stereocenters. The van der Waals surface area contributed by atoms with Gasteiger partial charge in [-0.05, 0) is 94.3 Å². The van der Waals surface area contributed by atoms with Crippen molar-refractivity contribution in [2.24, 2.45) is 0 Å².